The van der Waals surface area contributed by atoms with Crippen molar-refractivity contribution in [3.63, 3.8) is 0 Å². The van der Waals surface area contributed by atoms with Crippen molar-refractivity contribution in [2.75, 3.05) is 24.5 Å². The molecule has 1 fully saturated rings. The van der Waals surface area contributed by atoms with E-state index in [9.17, 15) is 0 Å². The van der Waals surface area contributed by atoms with Gasteiger partial charge in [-0.05, 0) is 70.2 Å². The van der Waals surface area contributed by atoms with Crippen LogP contribution in [0.5, 0.6) is 0 Å². The average Bonchev–Trinajstić information content (AvgIpc) is 2.81. The molecule has 0 amide bonds. The molecule has 0 aliphatic carbocycles. The first kappa shape index (κ1) is 15.8. The Morgan fingerprint density at radius 3 is 2.40 bits per heavy atom. The second-order valence-corrected chi connectivity index (χ2v) is 7.92. The topological polar surface area (TPSA) is 15.3 Å². The zero-order chi connectivity index (χ0) is 14.9. The van der Waals surface area contributed by atoms with Crippen LogP contribution in [0.25, 0.3) is 0 Å². The number of hydrogen-bond donors (Lipinski definition) is 1. The molecule has 1 unspecified atom stereocenters. The molecule has 2 nitrogen and oxygen atoms in total. The molecule has 1 atom stereocenters. The molecule has 2 rings (SSSR count). The molecular formula is C17H27BrN2. The van der Waals surface area contributed by atoms with Crippen LogP contribution >= 0.6 is 15.9 Å². The Bertz CT molecular complexity index is 453. The number of anilines is 1. The van der Waals surface area contributed by atoms with E-state index in [0.717, 1.165) is 12.5 Å². The van der Waals surface area contributed by atoms with Crippen LogP contribution in [0.1, 0.15) is 38.3 Å². The molecule has 0 saturated carbocycles. The Kier molecular flexibility index (Phi) is 4.80. The summed E-state index contributed by atoms with van der Waals surface area (Å²) in [6, 6.07) is 4.60. The minimum atomic E-state index is 0.220. The monoisotopic (exact) mass is 338 g/mol. The van der Waals surface area contributed by atoms with Gasteiger partial charge in [0.1, 0.15) is 0 Å². The molecule has 0 radical (unpaired) electrons. The van der Waals surface area contributed by atoms with Crippen molar-refractivity contribution in [3.8, 4) is 0 Å². The first-order valence-electron chi connectivity index (χ1n) is 7.53. The molecule has 0 bridgehead atoms. The Labute approximate surface area is 132 Å². The van der Waals surface area contributed by atoms with Crippen LogP contribution < -0.4 is 10.2 Å². The Hall–Kier alpha value is -0.540. The van der Waals surface area contributed by atoms with Gasteiger partial charge in [0.05, 0.1) is 0 Å². The van der Waals surface area contributed by atoms with Gasteiger partial charge in [-0.2, -0.15) is 0 Å². The van der Waals surface area contributed by atoms with Gasteiger partial charge in [0.2, 0.25) is 0 Å². The van der Waals surface area contributed by atoms with Gasteiger partial charge in [-0.3, -0.25) is 0 Å². The van der Waals surface area contributed by atoms with E-state index in [-0.39, 0.29) is 5.54 Å². The molecule has 1 N–H and O–H groups in total. The Balaban J connectivity index is 1.99. The Morgan fingerprint density at radius 2 is 1.85 bits per heavy atom. The van der Waals surface area contributed by atoms with Crippen LogP contribution in [0.4, 0.5) is 5.69 Å². The van der Waals surface area contributed by atoms with Crippen LogP contribution in [-0.4, -0.2) is 25.2 Å². The number of benzene rings is 1. The first-order valence-corrected chi connectivity index (χ1v) is 8.32. The number of halogens is 1. The summed E-state index contributed by atoms with van der Waals surface area (Å²) in [5.74, 6) is 0.762. The summed E-state index contributed by atoms with van der Waals surface area (Å²) in [7, 11) is 0. The number of aryl methyl sites for hydroxylation is 2. The van der Waals surface area contributed by atoms with Gasteiger partial charge in [-0.25, -0.2) is 0 Å². The van der Waals surface area contributed by atoms with Gasteiger partial charge < -0.3 is 10.2 Å². The van der Waals surface area contributed by atoms with Crippen molar-refractivity contribution in [1.82, 2.24) is 5.32 Å². The molecule has 3 heteroatoms. The van der Waals surface area contributed by atoms with Gasteiger partial charge in [0, 0.05) is 35.3 Å². The van der Waals surface area contributed by atoms with E-state index < -0.39 is 0 Å². The first-order chi connectivity index (χ1) is 9.26. The highest BCUT2D eigenvalue weighted by molar-refractivity contribution is 9.10. The van der Waals surface area contributed by atoms with E-state index in [1.165, 1.54) is 40.8 Å². The van der Waals surface area contributed by atoms with Crippen molar-refractivity contribution in [1.29, 1.82) is 0 Å². The third-order valence-corrected chi connectivity index (χ3v) is 5.24. The molecule has 1 aliphatic heterocycles. The number of hydrogen-bond acceptors (Lipinski definition) is 2. The molecule has 112 valence electrons. The van der Waals surface area contributed by atoms with Crippen LogP contribution in [0, 0.1) is 19.8 Å². The highest BCUT2D eigenvalue weighted by Gasteiger charge is 2.24. The molecule has 1 aromatic rings. The van der Waals surface area contributed by atoms with Gasteiger partial charge in [0.25, 0.3) is 0 Å². The van der Waals surface area contributed by atoms with Crippen molar-refractivity contribution >= 4 is 21.6 Å². The second-order valence-electron chi connectivity index (χ2n) is 7.13. The summed E-state index contributed by atoms with van der Waals surface area (Å²) >= 11 is 3.65. The fraction of sp³-hybridized carbons (Fsp3) is 0.647. The van der Waals surface area contributed by atoms with Crippen molar-refractivity contribution in [3.05, 3.63) is 27.7 Å². The quantitative estimate of drug-likeness (QED) is 0.884. The SMILES string of the molecule is Cc1cc(N2CCC(CNC(C)(C)C)C2)cc(C)c1Br. The predicted octanol–water partition coefficient (Wildman–Crippen LogP) is 4.28. The third kappa shape index (κ3) is 3.98. The zero-order valence-corrected chi connectivity index (χ0v) is 15.0. The third-order valence-electron chi connectivity index (χ3n) is 3.99. The highest BCUT2D eigenvalue weighted by Crippen LogP contribution is 2.30. The van der Waals surface area contributed by atoms with Crippen molar-refractivity contribution in [2.45, 2.75) is 46.6 Å². The summed E-state index contributed by atoms with van der Waals surface area (Å²) in [5, 5.41) is 3.63. The van der Waals surface area contributed by atoms with E-state index in [1.54, 1.807) is 0 Å². The minimum Gasteiger partial charge on any atom is -0.371 e. The summed E-state index contributed by atoms with van der Waals surface area (Å²) in [6.45, 7) is 14.5. The summed E-state index contributed by atoms with van der Waals surface area (Å²) in [4.78, 5) is 2.53. The molecule has 1 saturated heterocycles. The smallest absolute Gasteiger partial charge is 0.0372 e. The van der Waals surface area contributed by atoms with E-state index in [4.69, 9.17) is 0 Å². The molecule has 20 heavy (non-hydrogen) atoms. The normalized spacial score (nSPS) is 19.7. The maximum Gasteiger partial charge on any atom is 0.0372 e. The maximum atomic E-state index is 3.65. The summed E-state index contributed by atoms with van der Waals surface area (Å²) in [5.41, 5.74) is 4.26. The van der Waals surface area contributed by atoms with Crippen LogP contribution in [-0.2, 0) is 0 Å². The van der Waals surface area contributed by atoms with Crippen LogP contribution in [0.15, 0.2) is 16.6 Å². The Morgan fingerprint density at radius 1 is 1.25 bits per heavy atom. The van der Waals surface area contributed by atoms with Gasteiger partial charge >= 0.3 is 0 Å². The number of nitrogens with one attached hydrogen (secondary N) is 1. The standard InChI is InChI=1S/C17H27BrN2/c1-12-8-15(9-13(2)16(12)18)20-7-6-14(11-20)10-19-17(3,4)5/h8-9,14,19H,6-7,10-11H2,1-5H3. The number of nitrogens with zero attached hydrogens (tertiary/aromatic N) is 1. The summed E-state index contributed by atoms with van der Waals surface area (Å²) < 4.78 is 1.24. The van der Waals surface area contributed by atoms with Crippen LogP contribution in [0.2, 0.25) is 0 Å². The summed E-state index contributed by atoms with van der Waals surface area (Å²) in [6.07, 6.45) is 1.29. The highest BCUT2D eigenvalue weighted by atomic mass is 79.9. The molecular weight excluding hydrogens is 312 g/mol. The molecule has 1 heterocycles. The lowest BCUT2D eigenvalue weighted by Crippen LogP contribution is -2.39. The lowest BCUT2D eigenvalue weighted by molar-refractivity contribution is 0.383. The largest absolute Gasteiger partial charge is 0.371 e. The van der Waals surface area contributed by atoms with Gasteiger partial charge in [0.15, 0.2) is 0 Å². The fourth-order valence-corrected chi connectivity index (χ4v) is 3.02. The molecule has 1 aromatic carbocycles. The lowest BCUT2D eigenvalue weighted by atomic mass is 10.1. The average molecular weight is 339 g/mol. The minimum absolute atomic E-state index is 0.220. The van der Waals surface area contributed by atoms with Crippen molar-refractivity contribution in [2.24, 2.45) is 5.92 Å². The van der Waals surface area contributed by atoms with Crippen LogP contribution in [0.3, 0.4) is 0 Å². The van der Waals surface area contributed by atoms with Gasteiger partial charge in [-0.1, -0.05) is 15.9 Å². The lowest BCUT2D eigenvalue weighted by Gasteiger charge is -2.24. The van der Waals surface area contributed by atoms with E-state index in [2.05, 4.69) is 72.9 Å². The molecule has 0 spiro atoms. The van der Waals surface area contributed by atoms with Gasteiger partial charge in [-0.15, -0.1) is 0 Å². The van der Waals surface area contributed by atoms with E-state index in [0.29, 0.717) is 0 Å². The fourth-order valence-electron chi connectivity index (χ4n) is 2.79. The van der Waals surface area contributed by atoms with E-state index in [1.807, 2.05) is 0 Å². The second kappa shape index (κ2) is 6.07. The number of rotatable bonds is 3. The van der Waals surface area contributed by atoms with Crippen molar-refractivity contribution < 1.29 is 0 Å². The maximum absolute atomic E-state index is 3.65. The predicted molar refractivity (Wildman–Crippen MR) is 91.7 cm³/mol. The molecule has 1 aliphatic rings. The molecule has 0 aromatic heterocycles. The van der Waals surface area contributed by atoms with E-state index >= 15 is 0 Å². The zero-order valence-electron chi connectivity index (χ0n) is 13.4.